The minimum absolute atomic E-state index is 0.0921. The number of nitrogens with zero attached hydrogens (tertiary/aromatic N) is 1. The monoisotopic (exact) mass is 299 g/mol. The molecule has 0 saturated heterocycles. The van der Waals surface area contributed by atoms with Crippen molar-refractivity contribution in [2.45, 2.75) is 26.2 Å². The van der Waals surface area contributed by atoms with Crippen LogP contribution in [0.25, 0.3) is 0 Å². The first-order valence-electron chi connectivity index (χ1n) is 5.98. The summed E-state index contributed by atoms with van der Waals surface area (Å²) in [5.41, 5.74) is -0.422. The average Bonchev–Trinajstić information content (AvgIpc) is 2.38. The maximum absolute atomic E-state index is 13.5. The van der Waals surface area contributed by atoms with Crippen LogP contribution >= 0.6 is 12.2 Å². The van der Waals surface area contributed by atoms with E-state index in [2.05, 4.69) is 10.6 Å². The van der Waals surface area contributed by atoms with Gasteiger partial charge in [0.15, 0.2) is 5.11 Å². The van der Waals surface area contributed by atoms with Crippen LogP contribution in [-0.2, 0) is 4.79 Å². The fraction of sp³-hybridized carbons (Fsp3) is 0.333. The number of thiocarbonyl (C=S) groups is 1. The zero-order valence-electron chi connectivity index (χ0n) is 10.8. The predicted molar refractivity (Wildman–Crippen MR) is 76.9 cm³/mol. The van der Waals surface area contributed by atoms with Gasteiger partial charge in [0, 0.05) is 18.6 Å². The summed E-state index contributed by atoms with van der Waals surface area (Å²) in [6.45, 7) is 1.95. The summed E-state index contributed by atoms with van der Waals surface area (Å²) in [5, 5.41) is 15.3. The second-order valence-corrected chi connectivity index (χ2v) is 4.44. The lowest BCUT2D eigenvalue weighted by molar-refractivity contribution is -0.384. The van der Waals surface area contributed by atoms with Crippen LogP contribution < -0.4 is 10.6 Å². The fourth-order valence-electron chi connectivity index (χ4n) is 1.40. The molecule has 1 aromatic carbocycles. The number of unbranched alkanes of at least 4 members (excludes halogenated alkanes) is 1. The highest BCUT2D eigenvalue weighted by Crippen LogP contribution is 2.21. The van der Waals surface area contributed by atoms with Gasteiger partial charge in [0.2, 0.25) is 5.91 Å². The highest BCUT2D eigenvalue weighted by atomic mass is 32.1. The van der Waals surface area contributed by atoms with Crippen molar-refractivity contribution in [3.05, 3.63) is 34.1 Å². The number of nitro groups is 1. The molecule has 1 rings (SSSR count). The standard InChI is InChI=1S/C12H14FN3O3S/c1-2-3-4-11(17)15-12(20)14-10-7-8(16(18)19)5-6-9(10)13/h5-7H,2-4H2,1H3,(H2,14,15,17,20). The maximum Gasteiger partial charge on any atom is 0.271 e. The third-order valence-electron chi connectivity index (χ3n) is 2.42. The molecule has 0 aliphatic carbocycles. The number of carbonyl (C=O) groups is 1. The van der Waals surface area contributed by atoms with Crippen LogP contribution in [0.5, 0.6) is 0 Å². The van der Waals surface area contributed by atoms with Crippen LogP contribution in [0.1, 0.15) is 26.2 Å². The molecule has 0 bridgehead atoms. The van der Waals surface area contributed by atoms with Crippen LogP contribution in [0.3, 0.4) is 0 Å². The van der Waals surface area contributed by atoms with Gasteiger partial charge in [-0.15, -0.1) is 0 Å². The number of hydrogen-bond acceptors (Lipinski definition) is 4. The molecule has 0 aliphatic heterocycles. The Labute approximate surface area is 120 Å². The molecule has 6 nitrogen and oxygen atoms in total. The Morgan fingerprint density at radius 3 is 2.80 bits per heavy atom. The van der Waals surface area contributed by atoms with Gasteiger partial charge in [-0.1, -0.05) is 13.3 Å². The minimum atomic E-state index is -0.694. The van der Waals surface area contributed by atoms with Gasteiger partial charge >= 0.3 is 0 Å². The van der Waals surface area contributed by atoms with E-state index in [0.29, 0.717) is 6.42 Å². The molecule has 0 spiro atoms. The number of hydrogen-bond donors (Lipinski definition) is 2. The first-order chi connectivity index (χ1) is 9.43. The average molecular weight is 299 g/mol. The number of nitrogens with one attached hydrogen (secondary N) is 2. The number of halogens is 1. The lowest BCUT2D eigenvalue weighted by atomic mass is 10.2. The smallest absolute Gasteiger partial charge is 0.271 e. The van der Waals surface area contributed by atoms with Crippen molar-refractivity contribution in [1.29, 1.82) is 0 Å². The Hall–Kier alpha value is -2.09. The van der Waals surface area contributed by atoms with E-state index in [-0.39, 0.29) is 22.4 Å². The zero-order chi connectivity index (χ0) is 15.1. The molecule has 0 aromatic heterocycles. The van der Waals surface area contributed by atoms with Gasteiger partial charge in [0.1, 0.15) is 5.82 Å². The highest BCUT2D eigenvalue weighted by molar-refractivity contribution is 7.80. The first-order valence-corrected chi connectivity index (χ1v) is 6.39. The summed E-state index contributed by atoms with van der Waals surface area (Å²) in [6.07, 6.45) is 1.91. The van der Waals surface area contributed by atoms with E-state index in [4.69, 9.17) is 12.2 Å². The number of rotatable bonds is 5. The molecule has 108 valence electrons. The Kier molecular flexibility index (Phi) is 5.98. The van der Waals surface area contributed by atoms with Crippen LogP contribution in [0.2, 0.25) is 0 Å². The third kappa shape index (κ3) is 4.88. The van der Waals surface area contributed by atoms with Crippen molar-refractivity contribution < 1.29 is 14.1 Å². The number of nitro benzene ring substituents is 1. The highest BCUT2D eigenvalue weighted by Gasteiger charge is 2.12. The third-order valence-corrected chi connectivity index (χ3v) is 2.62. The molecule has 8 heteroatoms. The fourth-order valence-corrected chi connectivity index (χ4v) is 1.63. The SMILES string of the molecule is CCCCC(=O)NC(=S)Nc1cc([N+](=O)[O-])ccc1F. The second kappa shape index (κ2) is 7.49. The van der Waals surface area contributed by atoms with Crippen LogP contribution in [0, 0.1) is 15.9 Å². The van der Waals surface area contributed by atoms with Gasteiger partial charge in [-0.25, -0.2) is 4.39 Å². The Morgan fingerprint density at radius 2 is 2.20 bits per heavy atom. The normalized spacial score (nSPS) is 9.90. The Morgan fingerprint density at radius 1 is 1.50 bits per heavy atom. The van der Waals surface area contributed by atoms with E-state index < -0.39 is 10.7 Å². The summed E-state index contributed by atoms with van der Waals surface area (Å²) in [4.78, 5) is 21.4. The van der Waals surface area contributed by atoms with E-state index >= 15 is 0 Å². The number of benzene rings is 1. The Balaban J connectivity index is 2.68. The number of amides is 1. The molecule has 0 heterocycles. The van der Waals surface area contributed by atoms with Crippen LogP contribution in [0.4, 0.5) is 15.8 Å². The van der Waals surface area contributed by atoms with E-state index in [1.165, 1.54) is 0 Å². The minimum Gasteiger partial charge on any atom is -0.330 e. The molecule has 1 aromatic rings. The van der Waals surface area contributed by atoms with Crippen molar-refractivity contribution in [3.63, 3.8) is 0 Å². The summed E-state index contributed by atoms with van der Waals surface area (Å²) < 4.78 is 13.5. The molecule has 0 saturated carbocycles. The predicted octanol–water partition coefficient (Wildman–Crippen LogP) is 2.74. The molecular formula is C12H14FN3O3S. The molecular weight excluding hydrogens is 285 g/mol. The van der Waals surface area contributed by atoms with Crippen molar-refractivity contribution in [2.75, 3.05) is 5.32 Å². The van der Waals surface area contributed by atoms with Gasteiger partial charge in [0.25, 0.3) is 5.69 Å². The largest absolute Gasteiger partial charge is 0.330 e. The van der Waals surface area contributed by atoms with Crippen molar-refractivity contribution in [1.82, 2.24) is 5.32 Å². The molecule has 0 unspecified atom stereocenters. The van der Waals surface area contributed by atoms with Gasteiger partial charge in [-0.2, -0.15) is 0 Å². The van der Waals surface area contributed by atoms with Gasteiger partial charge < -0.3 is 10.6 Å². The summed E-state index contributed by atoms with van der Waals surface area (Å²) in [7, 11) is 0. The molecule has 20 heavy (non-hydrogen) atoms. The number of carbonyl (C=O) groups excluding carboxylic acids is 1. The maximum atomic E-state index is 13.5. The summed E-state index contributed by atoms with van der Waals surface area (Å²) in [5.74, 6) is -0.976. The van der Waals surface area contributed by atoms with Gasteiger partial charge in [-0.05, 0) is 24.7 Å². The van der Waals surface area contributed by atoms with Gasteiger partial charge in [-0.3, -0.25) is 14.9 Å². The lowest BCUT2D eigenvalue weighted by Gasteiger charge is -2.10. The van der Waals surface area contributed by atoms with Crippen molar-refractivity contribution in [2.24, 2.45) is 0 Å². The summed E-state index contributed by atoms with van der Waals surface area (Å²) >= 11 is 4.85. The van der Waals surface area contributed by atoms with Crippen molar-refractivity contribution in [3.8, 4) is 0 Å². The van der Waals surface area contributed by atoms with E-state index in [9.17, 15) is 19.3 Å². The van der Waals surface area contributed by atoms with E-state index in [1.54, 1.807) is 0 Å². The molecule has 0 radical (unpaired) electrons. The molecule has 1 amide bonds. The first kappa shape index (κ1) is 16.0. The number of anilines is 1. The van der Waals surface area contributed by atoms with E-state index in [1.807, 2.05) is 6.92 Å². The molecule has 0 fully saturated rings. The molecule has 0 atom stereocenters. The molecule has 2 N–H and O–H groups in total. The zero-order valence-corrected chi connectivity index (χ0v) is 11.6. The summed E-state index contributed by atoms with van der Waals surface area (Å²) in [6, 6.07) is 3.02. The van der Waals surface area contributed by atoms with Gasteiger partial charge in [0.05, 0.1) is 10.6 Å². The topological polar surface area (TPSA) is 84.3 Å². The van der Waals surface area contributed by atoms with E-state index in [0.717, 1.165) is 31.0 Å². The number of non-ortho nitro benzene ring substituents is 1. The Bertz CT molecular complexity index is 537. The molecule has 0 aliphatic rings. The lowest BCUT2D eigenvalue weighted by Crippen LogP contribution is -2.34. The van der Waals surface area contributed by atoms with Crippen LogP contribution in [-0.4, -0.2) is 15.9 Å². The van der Waals surface area contributed by atoms with Crippen LogP contribution in [0.15, 0.2) is 18.2 Å². The second-order valence-electron chi connectivity index (χ2n) is 4.03. The van der Waals surface area contributed by atoms with Crippen molar-refractivity contribution >= 4 is 34.6 Å². The quantitative estimate of drug-likeness (QED) is 0.496.